The Kier molecular flexibility index (Phi) is 4.76. The lowest BCUT2D eigenvalue weighted by molar-refractivity contribution is -0.0888. The van der Waals surface area contributed by atoms with Gasteiger partial charge in [-0.3, -0.25) is 0 Å². The van der Waals surface area contributed by atoms with Gasteiger partial charge in [0.05, 0.1) is 5.60 Å². The quantitative estimate of drug-likeness (QED) is 0.857. The van der Waals surface area contributed by atoms with Gasteiger partial charge >= 0.3 is 0 Å². The van der Waals surface area contributed by atoms with E-state index in [1.165, 1.54) is 62.9 Å². The molecular formula is C16H29NOS. The molecule has 1 spiro atoms. The van der Waals surface area contributed by atoms with Crippen LogP contribution in [0.1, 0.15) is 51.4 Å². The summed E-state index contributed by atoms with van der Waals surface area (Å²) in [5, 5.41) is 3.69. The van der Waals surface area contributed by atoms with Gasteiger partial charge in [0.25, 0.3) is 0 Å². The second-order valence-corrected chi connectivity index (χ2v) is 7.90. The van der Waals surface area contributed by atoms with Crippen molar-refractivity contribution in [2.45, 2.75) is 63.0 Å². The van der Waals surface area contributed by atoms with Gasteiger partial charge in [-0.2, -0.15) is 11.8 Å². The zero-order valence-corrected chi connectivity index (χ0v) is 13.1. The maximum Gasteiger partial charge on any atom is 0.0783 e. The highest BCUT2D eigenvalue weighted by Gasteiger charge is 2.43. The predicted octanol–water partition coefficient (Wildman–Crippen LogP) is 3.46. The third kappa shape index (κ3) is 3.14. The minimum Gasteiger partial charge on any atom is -0.374 e. The molecule has 1 N–H and O–H groups in total. The summed E-state index contributed by atoms with van der Waals surface area (Å²) in [5.74, 6) is 4.32. The molecule has 3 aliphatic rings. The number of rotatable bonds is 3. The smallest absolute Gasteiger partial charge is 0.0783 e. The summed E-state index contributed by atoms with van der Waals surface area (Å²) in [5.41, 5.74) is 0.247. The molecule has 3 fully saturated rings. The van der Waals surface area contributed by atoms with Crippen molar-refractivity contribution in [3.8, 4) is 0 Å². The molecule has 0 radical (unpaired) electrons. The maximum absolute atomic E-state index is 6.19. The van der Waals surface area contributed by atoms with Gasteiger partial charge in [-0.05, 0) is 56.7 Å². The Morgan fingerprint density at radius 2 is 2.00 bits per heavy atom. The van der Waals surface area contributed by atoms with Crippen LogP contribution in [0.4, 0.5) is 0 Å². The van der Waals surface area contributed by atoms with Gasteiger partial charge in [-0.1, -0.05) is 19.3 Å². The van der Waals surface area contributed by atoms with Crippen molar-refractivity contribution in [1.29, 1.82) is 0 Å². The highest BCUT2D eigenvalue weighted by molar-refractivity contribution is 7.99. The molecule has 3 atom stereocenters. The van der Waals surface area contributed by atoms with E-state index < -0.39 is 0 Å². The molecule has 0 aromatic carbocycles. The van der Waals surface area contributed by atoms with E-state index in [1.807, 2.05) is 0 Å². The van der Waals surface area contributed by atoms with Crippen LogP contribution in [0, 0.1) is 11.8 Å². The summed E-state index contributed by atoms with van der Waals surface area (Å²) in [7, 11) is 2.19. The van der Waals surface area contributed by atoms with Crippen LogP contribution < -0.4 is 5.32 Å². The molecular weight excluding hydrogens is 254 g/mol. The van der Waals surface area contributed by atoms with Crippen LogP contribution >= 0.6 is 11.8 Å². The van der Waals surface area contributed by atoms with Crippen LogP contribution in [-0.4, -0.2) is 36.8 Å². The molecule has 3 heteroatoms. The second kappa shape index (κ2) is 6.36. The van der Waals surface area contributed by atoms with E-state index in [2.05, 4.69) is 24.1 Å². The van der Waals surface area contributed by atoms with Crippen LogP contribution in [-0.2, 0) is 4.74 Å². The topological polar surface area (TPSA) is 21.3 Å². The SMILES string of the molecule is CNC(C1CCCCC1)C1CCOC2(CCSC2)C1. The molecule has 3 unspecified atom stereocenters. The fourth-order valence-electron chi connectivity index (χ4n) is 4.59. The van der Waals surface area contributed by atoms with Crippen molar-refractivity contribution in [3.05, 3.63) is 0 Å². The molecule has 2 aliphatic heterocycles. The van der Waals surface area contributed by atoms with E-state index >= 15 is 0 Å². The van der Waals surface area contributed by atoms with Crippen LogP contribution in [0.25, 0.3) is 0 Å². The molecule has 2 heterocycles. The first-order valence-corrected chi connectivity index (χ1v) is 9.37. The van der Waals surface area contributed by atoms with Gasteiger partial charge in [0.1, 0.15) is 0 Å². The molecule has 110 valence electrons. The average molecular weight is 283 g/mol. The molecule has 1 aliphatic carbocycles. The van der Waals surface area contributed by atoms with E-state index in [-0.39, 0.29) is 5.60 Å². The summed E-state index contributed by atoms with van der Waals surface area (Å²) in [6.45, 7) is 0.996. The van der Waals surface area contributed by atoms with Gasteiger partial charge in [0, 0.05) is 18.4 Å². The average Bonchev–Trinajstić information content (AvgIpc) is 2.89. The minimum absolute atomic E-state index is 0.247. The zero-order chi connectivity index (χ0) is 13.1. The van der Waals surface area contributed by atoms with Crippen LogP contribution in [0.15, 0.2) is 0 Å². The first kappa shape index (κ1) is 14.2. The Morgan fingerprint density at radius 3 is 2.68 bits per heavy atom. The van der Waals surface area contributed by atoms with Crippen molar-refractivity contribution in [2.75, 3.05) is 25.2 Å². The number of nitrogens with one attached hydrogen (secondary N) is 1. The number of hydrogen-bond acceptors (Lipinski definition) is 3. The molecule has 0 bridgehead atoms. The lowest BCUT2D eigenvalue weighted by Gasteiger charge is -2.44. The van der Waals surface area contributed by atoms with Gasteiger partial charge < -0.3 is 10.1 Å². The first-order chi connectivity index (χ1) is 9.33. The van der Waals surface area contributed by atoms with E-state index in [4.69, 9.17) is 4.74 Å². The van der Waals surface area contributed by atoms with Crippen LogP contribution in [0.3, 0.4) is 0 Å². The fraction of sp³-hybridized carbons (Fsp3) is 1.00. The standard InChI is InChI=1S/C16H29NOS/c1-17-15(13-5-3-2-4-6-13)14-7-9-18-16(11-14)8-10-19-12-16/h13-15,17H,2-12H2,1H3. The highest BCUT2D eigenvalue weighted by Crippen LogP contribution is 2.43. The number of thioether (sulfide) groups is 1. The van der Waals surface area contributed by atoms with E-state index in [1.54, 1.807) is 0 Å². The van der Waals surface area contributed by atoms with Crippen molar-refractivity contribution < 1.29 is 4.74 Å². The first-order valence-electron chi connectivity index (χ1n) is 8.22. The molecule has 2 nitrogen and oxygen atoms in total. The van der Waals surface area contributed by atoms with Gasteiger partial charge in [0.15, 0.2) is 0 Å². The molecule has 0 aromatic rings. The Balaban J connectivity index is 1.64. The Morgan fingerprint density at radius 1 is 1.16 bits per heavy atom. The van der Waals surface area contributed by atoms with Crippen LogP contribution in [0.5, 0.6) is 0 Å². The molecule has 1 saturated carbocycles. The molecule has 19 heavy (non-hydrogen) atoms. The summed E-state index contributed by atoms with van der Waals surface area (Å²) < 4.78 is 6.19. The third-order valence-corrected chi connectivity index (χ3v) is 6.82. The fourth-order valence-corrected chi connectivity index (χ4v) is 5.96. The Hall–Kier alpha value is 0.270. The Labute approximate surface area is 122 Å². The third-order valence-electron chi connectivity index (χ3n) is 5.60. The van der Waals surface area contributed by atoms with Gasteiger partial charge in [0.2, 0.25) is 0 Å². The molecule has 0 amide bonds. The summed E-state index contributed by atoms with van der Waals surface area (Å²) in [6.07, 6.45) is 11.1. The lowest BCUT2D eigenvalue weighted by atomic mass is 9.73. The van der Waals surface area contributed by atoms with Crippen molar-refractivity contribution in [2.24, 2.45) is 11.8 Å². The van der Waals surface area contributed by atoms with Gasteiger partial charge in [-0.25, -0.2) is 0 Å². The maximum atomic E-state index is 6.19. The monoisotopic (exact) mass is 283 g/mol. The van der Waals surface area contributed by atoms with E-state index in [0.29, 0.717) is 0 Å². The highest BCUT2D eigenvalue weighted by atomic mass is 32.2. The van der Waals surface area contributed by atoms with Crippen LogP contribution in [0.2, 0.25) is 0 Å². The summed E-state index contributed by atoms with van der Waals surface area (Å²) in [6, 6.07) is 0.742. The lowest BCUT2D eigenvalue weighted by Crippen LogP contribution is -2.49. The largest absolute Gasteiger partial charge is 0.374 e. The van der Waals surface area contributed by atoms with E-state index in [0.717, 1.165) is 24.5 Å². The Bertz CT molecular complexity index is 284. The number of ether oxygens (including phenoxy) is 1. The summed E-state index contributed by atoms with van der Waals surface area (Å²) >= 11 is 2.09. The molecule has 2 saturated heterocycles. The van der Waals surface area contributed by atoms with Crippen molar-refractivity contribution in [3.63, 3.8) is 0 Å². The van der Waals surface area contributed by atoms with Crippen molar-refractivity contribution >= 4 is 11.8 Å². The minimum atomic E-state index is 0.247. The second-order valence-electron chi connectivity index (χ2n) is 6.80. The molecule has 3 rings (SSSR count). The van der Waals surface area contributed by atoms with Gasteiger partial charge in [-0.15, -0.1) is 0 Å². The van der Waals surface area contributed by atoms with E-state index in [9.17, 15) is 0 Å². The van der Waals surface area contributed by atoms with Crippen molar-refractivity contribution in [1.82, 2.24) is 5.32 Å². The zero-order valence-electron chi connectivity index (χ0n) is 12.3. The predicted molar refractivity (Wildman–Crippen MR) is 82.8 cm³/mol. The molecule has 0 aromatic heterocycles. The number of hydrogen-bond donors (Lipinski definition) is 1. The summed E-state index contributed by atoms with van der Waals surface area (Å²) in [4.78, 5) is 0. The normalized spacial score (nSPS) is 38.7.